The van der Waals surface area contributed by atoms with Crippen LogP contribution < -0.4 is 16.2 Å². The van der Waals surface area contributed by atoms with Gasteiger partial charge in [-0.05, 0) is 35.2 Å². The maximum Gasteiger partial charge on any atom is 0.415 e. The molecule has 0 aliphatic rings. The SMILES string of the molecule is CC(C)C(NC(=O)Cc1c(-c2ccccc2)[nH]c(=O)c(NC(=O)OCc2ccccc2)c1C(=O)O)C(O[Si](C)(C)C(C)(C)C)C(F)(F)F. The van der Waals surface area contributed by atoms with E-state index in [1.54, 1.807) is 94.5 Å². The van der Waals surface area contributed by atoms with Crippen LogP contribution in [0, 0.1) is 5.92 Å². The maximum atomic E-state index is 14.5. The molecule has 1 heterocycles. The number of rotatable bonds is 12. The number of carbonyl (C=O) groups excluding carboxylic acids is 2. The number of ether oxygens (including phenoxy) is 1. The number of pyridine rings is 1. The van der Waals surface area contributed by atoms with Crippen LogP contribution in [0.1, 0.15) is 56.1 Å². The second-order valence-electron chi connectivity index (χ2n) is 13.3. The second kappa shape index (κ2) is 15.2. The maximum absolute atomic E-state index is 14.5. The van der Waals surface area contributed by atoms with Gasteiger partial charge in [0.05, 0.1) is 23.7 Å². The van der Waals surface area contributed by atoms with E-state index in [2.05, 4.69) is 15.6 Å². The summed E-state index contributed by atoms with van der Waals surface area (Å²) in [7, 11) is -2.99. The Morgan fingerprint density at radius 1 is 0.958 bits per heavy atom. The lowest BCUT2D eigenvalue weighted by Gasteiger charge is -2.43. The Morgan fingerprint density at radius 2 is 1.52 bits per heavy atom. The number of halogens is 3. The van der Waals surface area contributed by atoms with Gasteiger partial charge in [0.1, 0.15) is 12.3 Å². The van der Waals surface area contributed by atoms with Crippen molar-refractivity contribution < 1.29 is 41.8 Å². The van der Waals surface area contributed by atoms with Crippen LogP contribution in [0.3, 0.4) is 0 Å². The first kappa shape index (κ1) is 38.0. The number of carboxylic acids is 1. The number of carbonyl (C=O) groups is 3. The summed E-state index contributed by atoms with van der Waals surface area (Å²) in [6, 6.07) is 15.1. The summed E-state index contributed by atoms with van der Waals surface area (Å²) < 4.78 is 54.6. The molecular formula is C34H42F3N3O7Si. The van der Waals surface area contributed by atoms with E-state index in [1.807, 2.05) is 0 Å². The number of aromatic nitrogens is 1. The van der Waals surface area contributed by atoms with Crippen LogP contribution in [-0.2, 0) is 27.0 Å². The molecule has 2 unspecified atom stereocenters. The number of alkyl halides is 3. The van der Waals surface area contributed by atoms with Gasteiger partial charge in [-0.2, -0.15) is 13.2 Å². The highest BCUT2D eigenvalue weighted by atomic mass is 28.4. The van der Waals surface area contributed by atoms with E-state index in [0.717, 1.165) is 0 Å². The monoisotopic (exact) mass is 689 g/mol. The van der Waals surface area contributed by atoms with Gasteiger partial charge in [-0.3, -0.25) is 14.9 Å². The number of nitrogens with one attached hydrogen (secondary N) is 3. The zero-order valence-corrected chi connectivity index (χ0v) is 29.0. The van der Waals surface area contributed by atoms with E-state index in [0.29, 0.717) is 11.1 Å². The molecule has 10 nitrogen and oxygen atoms in total. The Bertz CT molecular complexity index is 1650. The number of carboxylic acid groups (broad SMARTS) is 1. The van der Waals surface area contributed by atoms with Gasteiger partial charge in [-0.1, -0.05) is 95.3 Å². The van der Waals surface area contributed by atoms with Crippen molar-refractivity contribution in [1.82, 2.24) is 10.3 Å². The molecular weight excluding hydrogens is 647 g/mol. The lowest BCUT2D eigenvalue weighted by atomic mass is 9.95. The van der Waals surface area contributed by atoms with Crippen molar-refractivity contribution >= 4 is 32.0 Å². The number of aromatic amines is 1. The van der Waals surface area contributed by atoms with Crippen molar-refractivity contribution in [2.24, 2.45) is 5.92 Å². The first-order valence-electron chi connectivity index (χ1n) is 15.3. The van der Waals surface area contributed by atoms with Crippen molar-refractivity contribution in [1.29, 1.82) is 0 Å². The summed E-state index contributed by atoms with van der Waals surface area (Å²) in [4.78, 5) is 54.8. The van der Waals surface area contributed by atoms with Crippen molar-refractivity contribution in [2.45, 2.75) is 84.1 Å². The highest BCUT2D eigenvalue weighted by molar-refractivity contribution is 6.74. The molecule has 0 fully saturated rings. The molecule has 48 heavy (non-hydrogen) atoms. The fourth-order valence-electron chi connectivity index (χ4n) is 4.71. The topological polar surface area (TPSA) is 147 Å². The lowest BCUT2D eigenvalue weighted by Crippen LogP contribution is -2.59. The van der Waals surface area contributed by atoms with Crippen LogP contribution in [0.2, 0.25) is 18.1 Å². The molecule has 0 bridgehead atoms. The Balaban J connectivity index is 2.06. The number of H-pyrrole nitrogens is 1. The van der Waals surface area contributed by atoms with E-state index in [1.165, 1.54) is 13.8 Å². The van der Waals surface area contributed by atoms with Crippen LogP contribution in [0.5, 0.6) is 0 Å². The van der Waals surface area contributed by atoms with Gasteiger partial charge in [-0.25, -0.2) is 9.59 Å². The average Bonchev–Trinajstić information content (AvgIpc) is 2.99. The third kappa shape index (κ3) is 9.57. The smallest absolute Gasteiger partial charge is 0.415 e. The van der Waals surface area contributed by atoms with Crippen LogP contribution in [0.4, 0.5) is 23.7 Å². The number of amides is 2. The molecule has 0 radical (unpaired) electrons. The van der Waals surface area contributed by atoms with E-state index in [9.17, 15) is 37.5 Å². The molecule has 1 aromatic heterocycles. The van der Waals surface area contributed by atoms with Crippen molar-refractivity contribution in [2.75, 3.05) is 5.32 Å². The summed E-state index contributed by atoms with van der Waals surface area (Å²) in [5, 5.41) is 14.4. The number of hydrogen-bond donors (Lipinski definition) is 4. The molecule has 2 aromatic carbocycles. The fourth-order valence-corrected chi connectivity index (χ4v) is 5.98. The molecule has 0 saturated carbocycles. The zero-order chi connectivity index (χ0) is 36.0. The second-order valence-corrected chi connectivity index (χ2v) is 18.0. The van der Waals surface area contributed by atoms with Gasteiger partial charge >= 0.3 is 18.2 Å². The van der Waals surface area contributed by atoms with Gasteiger partial charge in [0, 0.05) is 5.56 Å². The van der Waals surface area contributed by atoms with Gasteiger partial charge in [0.2, 0.25) is 5.91 Å². The zero-order valence-electron chi connectivity index (χ0n) is 28.0. The van der Waals surface area contributed by atoms with E-state index >= 15 is 0 Å². The first-order chi connectivity index (χ1) is 22.2. The van der Waals surface area contributed by atoms with Crippen LogP contribution in [-0.4, -0.2) is 54.7 Å². The average molecular weight is 690 g/mol. The molecule has 3 aromatic rings. The van der Waals surface area contributed by atoms with Crippen LogP contribution >= 0.6 is 0 Å². The number of aromatic carboxylic acids is 1. The van der Waals surface area contributed by atoms with E-state index in [-0.39, 0.29) is 17.9 Å². The van der Waals surface area contributed by atoms with E-state index < -0.39 is 78.8 Å². The molecule has 2 atom stereocenters. The van der Waals surface area contributed by atoms with Gasteiger partial charge < -0.3 is 24.6 Å². The third-order valence-electron chi connectivity index (χ3n) is 8.30. The minimum absolute atomic E-state index is 0.0534. The Kier molecular flexibility index (Phi) is 12.0. The minimum Gasteiger partial charge on any atom is -0.478 e. The summed E-state index contributed by atoms with van der Waals surface area (Å²) in [5.74, 6) is -3.36. The van der Waals surface area contributed by atoms with Crippen molar-refractivity contribution in [3.05, 3.63) is 87.7 Å². The summed E-state index contributed by atoms with van der Waals surface area (Å²) in [6.07, 6.45) is -9.08. The number of anilines is 1. The van der Waals surface area contributed by atoms with Crippen molar-refractivity contribution in [3.8, 4) is 11.3 Å². The van der Waals surface area contributed by atoms with Crippen LogP contribution in [0.25, 0.3) is 11.3 Å². The van der Waals surface area contributed by atoms with Gasteiger partial charge in [0.15, 0.2) is 14.4 Å². The predicted octanol–water partition coefficient (Wildman–Crippen LogP) is 7.12. The molecule has 0 saturated heterocycles. The normalized spacial score (nSPS) is 13.5. The molecule has 0 aliphatic heterocycles. The Labute approximate surface area is 278 Å². The first-order valence-corrected chi connectivity index (χ1v) is 18.2. The quantitative estimate of drug-likeness (QED) is 0.148. The molecule has 2 amide bonds. The predicted molar refractivity (Wildman–Crippen MR) is 178 cm³/mol. The highest BCUT2D eigenvalue weighted by Crippen LogP contribution is 2.41. The van der Waals surface area contributed by atoms with Crippen molar-refractivity contribution in [3.63, 3.8) is 0 Å². The standard InChI is InChI=1S/C34H42F3N3O7Si/c1-20(2)26(29(34(35,36)37)47-48(6,7)33(3,4)5)38-24(41)18-23-25(31(43)44)28(30(42)39-27(23)22-16-12-9-13-17-22)40-32(45)46-19-21-14-10-8-11-15-21/h8-17,20,26,29H,18-19H2,1-7H3,(H,38,41)(H,39,42)(H,40,45)(H,43,44). The number of hydrogen-bond acceptors (Lipinski definition) is 6. The molecule has 260 valence electrons. The molecule has 0 spiro atoms. The highest BCUT2D eigenvalue weighted by Gasteiger charge is 2.52. The Morgan fingerprint density at radius 3 is 2.02 bits per heavy atom. The van der Waals surface area contributed by atoms with E-state index in [4.69, 9.17) is 9.16 Å². The number of benzene rings is 2. The van der Waals surface area contributed by atoms with Crippen LogP contribution in [0.15, 0.2) is 65.5 Å². The minimum atomic E-state index is -4.84. The van der Waals surface area contributed by atoms with Gasteiger partial charge in [0.25, 0.3) is 5.56 Å². The molecule has 4 N–H and O–H groups in total. The largest absolute Gasteiger partial charge is 0.478 e. The molecule has 14 heteroatoms. The van der Waals surface area contributed by atoms with Gasteiger partial charge in [-0.15, -0.1) is 0 Å². The summed E-state index contributed by atoms with van der Waals surface area (Å²) in [6.45, 7) is 11.6. The summed E-state index contributed by atoms with van der Waals surface area (Å²) >= 11 is 0. The third-order valence-corrected chi connectivity index (χ3v) is 12.8. The lowest BCUT2D eigenvalue weighted by molar-refractivity contribution is -0.210. The molecule has 0 aliphatic carbocycles. The molecule has 3 rings (SSSR count). The Hall–Kier alpha value is -4.43. The fraction of sp³-hybridized carbons (Fsp3) is 0.412. The summed E-state index contributed by atoms with van der Waals surface area (Å²) in [5.41, 5.74) is -1.73.